The van der Waals surface area contributed by atoms with Crippen molar-refractivity contribution in [2.24, 2.45) is 0 Å². The molecule has 4 N–H and O–H groups in total. The quantitative estimate of drug-likeness (QED) is 0.656. The Morgan fingerprint density at radius 1 is 1.33 bits per heavy atom. The van der Waals surface area contributed by atoms with Crippen LogP contribution in [0, 0.1) is 6.92 Å². The molecule has 0 aliphatic rings. The second-order valence-corrected chi connectivity index (χ2v) is 5.67. The molecule has 18 heavy (non-hydrogen) atoms. The molecule has 0 aliphatic carbocycles. The highest BCUT2D eigenvalue weighted by Crippen LogP contribution is 2.15. The Balaban J connectivity index is 2.77. The summed E-state index contributed by atoms with van der Waals surface area (Å²) in [6.07, 6.45) is 0.0943. The van der Waals surface area contributed by atoms with Crippen LogP contribution in [0.2, 0.25) is 0 Å². The first-order valence-electron chi connectivity index (χ1n) is 5.42. The smallest absolute Gasteiger partial charge is 0.240 e. The number of nitrogens with two attached hydrogens (primary N) is 1. The van der Waals surface area contributed by atoms with Crippen molar-refractivity contribution in [1.82, 2.24) is 10.0 Å². The first-order chi connectivity index (χ1) is 8.35. The monoisotopic (exact) mass is 271 g/mol. The first kappa shape index (κ1) is 14.5. The predicted octanol–water partition coefficient (Wildman–Crippen LogP) is -0.00838. The fourth-order valence-corrected chi connectivity index (χ4v) is 2.61. The van der Waals surface area contributed by atoms with Crippen LogP contribution in [0.3, 0.4) is 0 Å². The van der Waals surface area contributed by atoms with Crippen LogP contribution in [0.25, 0.3) is 0 Å². The molecule has 0 aromatic heterocycles. The van der Waals surface area contributed by atoms with Gasteiger partial charge in [0.15, 0.2) is 0 Å². The Kier molecular flexibility index (Phi) is 4.69. The Morgan fingerprint density at radius 2 is 2.00 bits per heavy atom. The highest BCUT2D eigenvalue weighted by molar-refractivity contribution is 7.89. The lowest BCUT2D eigenvalue weighted by Crippen LogP contribution is -2.29. The molecule has 0 saturated heterocycles. The molecular weight excluding hydrogens is 254 g/mol. The fraction of sp³-hybridized carbons (Fsp3) is 0.364. The summed E-state index contributed by atoms with van der Waals surface area (Å²) < 4.78 is 26.2. The molecule has 100 valence electrons. The van der Waals surface area contributed by atoms with E-state index in [9.17, 15) is 13.2 Å². The molecule has 7 heteroatoms. The molecule has 1 aromatic carbocycles. The number of aryl methyl sites for hydroxylation is 1. The number of hydrogen-bond donors (Lipinski definition) is 3. The maximum absolute atomic E-state index is 11.9. The minimum Gasteiger partial charge on any atom is -0.399 e. The maximum atomic E-state index is 11.9. The van der Waals surface area contributed by atoms with Crippen molar-refractivity contribution in [3.05, 3.63) is 23.8 Å². The van der Waals surface area contributed by atoms with E-state index in [0.717, 1.165) is 5.56 Å². The van der Waals surface area contributed by atoms with Gasteiger partial charge in [-0.05, 0) is 30.7 Å². The van der Waals surface area contributed by atoms with Crippen LogP contribution in [-0.4, -0.2) is 27.9 Å². The number of benzene rings is 1. The molecule has 0 bridgehead atoms. The summed E-state index contributed by atoms with van der Waals surface area (Å²) in [5.41, 5.74) is 6.75. The third-order valence-corrected chi connectivity index (χ3v) is 3.75. The summed E-state index contributed by atoms with van der Waals surface area (Å²) in [6.45, 7) is 1.82. The zero-order valence-electron chi connectivity index (χ0n) is 10.4. The molecule has 0 saturated carbocycles. The van der Waals surface area contributed by atoms with E-state index in [4.69, 9.17) is 5.73 Å². The molecule has 1 rings (SSSR count). The van der Waals surface area contributed by atoms with Crippen molar-refractivity contribution in [3.63, 3.8) is 0 Å². The van der Waals surface area contributed by atoms with Gasteiger partial charge in [-0.2, -0.15) is 0 Å². The highest BCUT2D eigenvalue weighted by Gasteiger charge is 2.14. The van der Waals surface area contributed by atoms with E-state index in [0.29, 0.717) is 5.69 Å². The number of carbonyl (C=O) groups excluding carboxylic acids is 1. The first-order valence-corrected chi connectivity index (χ1v) is 6.91. The third kappa shape index (κ3) is 4.01. The van der Waals surface area contributed by atoms with Crippen LogP contribution in [0.1, 0.15) is 12.0 Å². The van der Waals surface area contributed by atoms with E-state index in [1.807, 2.05) is 0 Å². The van der Waals surface area contributed by atoms with Gasteiger partial charge < -0.3 is 11.1 Å². The number of sulfonamides is 1. The molecule has 0 heterocycles. The summed E-state index contributed by atoms with van der Waals surface area (Å²) in [4.78, 5) is 11.1. The highest BCUT2D eigenvalue weighted by atomic mass is 32.2. The minimum absolute atomic E-state index is 0.0514. The standard InChI is InChI=1S/C11H17N3O3S/c1-8-5-9(12)7-10(6-8)18(16,17)14-4-3-11(15)13-2/h5-7,14H,3-4,12H2,1-2H3,(H,13,15). The summed E-state index contributed by atoms with van der Waals surface area (Å²) in [6, 6.07) is 4.59. The van der Waals surface area contributed by atoms with Gasteiger partial charge in [0.25, 0.3) is 0 Å². The topological polar surface area (TPSA) is 101 Å². The van der Waals surface area contributed by atoms with E-state index < -0.39 is 10.0 Å². The Labute approximate surface area is 107 Å². The van der Waals surface area contributed by atoms with Gasteiger partial charge in [0.1, 0.15) is 0 Å². The molecule has 0 aliphatic heterocycles. The van der Waals surface area contributed by atoms with E-state index in [2.05, 4.69) is 10.0 Å². The summed E-state index contributed by atoms with van der Waals surface area (Å²) in [5, 5.41) is 2.42. The zero-order valence-corrected chi connectivity index (χ0v) is 11.2. The van der Waals surface area contributed by atoms with Gasteiger partial charge in [0.2, 0.25) is 15.9 Å². The minimum atomic E-state index is -3.62. The van der Waals surface area contributed by atoms with Gasteiger partial charge in [0, 0.05) is 25.7 Å². The van der Waals surface area contributed by atoms with Crippen molar-refractivity contribution in [2.45, 2.75) is 18.2 Å². The lowest BCUT2D eigenvalue weighted by Gasteiger charge is -2.08. The van der Waals surface area contributed by atoms with Gasteiger partial charge in [-0.25, -0.2) is 13.1 Å². The van der Waals surface area contributed by atoms with Gasteiger partial charge in [-0.1, -0.05) is 0 Å². The zero-order chi connectivity index (χ0) is 13.8. The van der Waals surface area contributed by atoms with Crippen LogP contribution in [-0.2, 0) is 14.8 Å². The average Bonchev–Trinajstić information content (AvgIpc) is 2.27. The lowest BCUT2D eigenvalue weighted by atomic mass is 10.2. The van der Waals surface area contributed by atoms with E-state index in [-0.39, 0.29) is 23.8 Å². The second-order valence-electron chi connectivity index (χ2n) is 3.90. The van der Waals surface area contributed by atoms with Gasteiger partial charge >= 0.3 is 0 Å². The maximum Gasteiger partial charge on any atom is 0.240 e. The molecule has 0 radical (unpaired) electrons. The molecular formula is C11H17N3O3S. The number of amides is 1. The average molecular weight is 271 g/mol. The van der Waals surface area contributed by atoms with Crippen LogP contribution in [0.5, 0.6) is 0 Å². The third-order valence-electron chi connectivity index (χ3n) is 2.31. The largest absolute Gasteiger partial charge is 0.399 e. The molecule has 0 spiro atoms. The van der Waals surface area contributed by atoms with E-state index >= 15 is 0 Å². The van der Waals surface area contributed by atoms with Crippen molar-refractivity contribution >= 4 is 21.6 Å². The van der Waals surface area contributed by atoms with Crippen molar-refractivity contribution in [2.75, 3.05) is 19.3 Å². The molecule has 1 aromatic rings. The number of rotatable bonds is 5. The summed E-state index contributed by atoms with van der Waals surface area (Å²) in [7, 11) is -2.12. The number of hydrogen-bond acceptors (Lipinski definition) is 4. The Bertz CT molecular complexity index is 520. The second kappa shape index (κ2) is 5.83. The number of nitrogens with one attached hydrogen (secondary N) is 2. The van der Waals surface area contributed by atoms with Crippen molar-refractivity contribution < 1.29 is 13.2 Å². The predicted molar refractivity (Wildman–Crippen MR) is 69.5 cm³/mol. The van der Waals surface area contributed by atoms with Gasteiger partial charge in [-0.3, -0.25) is 4.79 Å². The van der Waals surface area contributed by atoms with Crippen LogP contribution >= 0.6 is 0 Å². The normalized spacial score (nSPS) is 11.2. The molecule has 0 fully saturated rings. The van der Waals surface area contributed by atoms with Crippen LogP contribution < -0.4 is 15.8 Å². The van der Waals surface area contributed by atoms with Gasteiger partial charge in [-0.15, -0.1) is 0 Å². The Morgan fingerprint density at radius 3 is 2.56 bits per heavy atom. The number of nitrogen functional groups attached to an aromatic ring is 1. The number of anilines is 1. The van der Waals surface area contributed by atoms with E-state index in [1.54, 1.807) is 13.0 Å². The van der Waals surface area contributed by atoms with Crippen LogP contribution in [0.4, 0.5) is 5.69 Å². The molecule has 0 unspecified atom stereocenters. The molecule has 1 amide bonds. The summed E-state index contributed by atoms with van der Waals surface area (Å²) in [5.74, 6) is -0.221. The Hall–Kier alpha value is -1.60. The van der Waals surface area contributed by atoms with E-state index in [1.165, 1.54) is 19.2 Å². The molecule has 6 nitrogen and oxygen atoms in total. The van der Waals surface area contributed by atoms with Crippen molar-refractivity contribution in [3.8, 4) is 0 Å². The number of carbonyl (C=O) groups is 1. The van der Waals surface area contributed by atoms with Crippen molar-refractivity contribution in [1.29, 1.82) is 0 Å². The molecule has 0 atom stereocenters. The summed E-state index contributed by atoms with van der Waals surface area (Å²) >= 11 is 0. The SMILES string of the molecule is CNC(=O)CCNS(=O)(=O)c1cc(C)cc(N)c1. The van der Waals surface area contributed by atoms with Crippen LogP contribution in [0.15, 0.2) is 23.1 Å². The lowest BCUT2D eigenvalue weighted by molar-refractivity contribution is -0.120. The fourth-order valence-electron chi connectivity index (χ4n) is 1.44. The van der Waals surface area contributed by atoms with Gasteiger partial charge in [0.05, 0.1) is 4.90 Å².